The van der Waals surface area contributed by atoms with Crippen molar-refractivity contribution in [2.24, 2.45) is 5.92 Å². The van der Waals surface area contributed by atoms with Crippen LogP contribution in [0.5, 0.6) is 5.75 Å². The number of aliphatic carboxylic acids is 1. The quantitative estimate of drug-likeness (QED) is 0.438. The molecule has 2 aromatic rings. The number of anilines is 1. The first kappa shape index (κ1) is 22.4. The van der Waals surface area contributed by atoms with Crippen LogP contribution in [-0.4, -0.2) is 22.3 Å². The van der Waals surface area contributed by atoms with E-state index in [0.717, 1.165) is 16.6 Å². The van der Waals surface area contributed by atoms with E-state index in [0.29, 0.717) is 24.1 Å². The van der Waals surface area contributed by atoms with Crippen molar-refractivity contribution in [3.05, 3.63) is 70.5 Å². The number of benzene rings is 2. The average molecular weight is 466 g/mol. The van der Waals surface area contributed by atoms with Gasteiger partial charge in [0.15, 0.2) is 11.6 Å². The zero-order valence-electron chi connectivity index (χ0n) is 15.6. The van der Waals surface area contributed by atoms with Crippen LogP contribution in [0.4, 0.5) is 14.9 Å². The third kappa shape index (κ3) is 7.23. The summed E-state index contributed by atoms with van der Waals surface area (Å²) < 4.78 is 20.2. The molecule has 0 fully saturated rings. The molecular weight excluding hydrogens is 445 g/mol. The minimum atomic E-state index is -1.04. The van der Waals surface area contributed by atoms with Crippen LogP contribution >= 0.6 is 15.9 Å². The SMILES string of the molecule is C[C@@H](CC/C=C/C(=O)O)[C@@H](OC(=O)Nc1ccc(Br)cc1)c1ccc(O)c(F)c1. The molecule has 0 saturated carbocycles. The van der Waals surface area contributed by atoms with Gasteiger partial charge in [0.05, 0.1) is 0 Å². The summed E-state index contributed by atoms with van der Waals surface area (Å²) in [6.45, 7) is 1.82. The van der Waals surface area contributed by atoms with Crippen LogP contribution in [-0.2, 0) is 9.53 Å². The number of nitrogens with one attached hydrogen (secondary N) is 1. The summed E-state index contributed by atoms with van der Waals surface area (Å²) in [5.74, 6) is -2.60. The van der Waals surface area contributed by atoms with Gasteiger partial charge in [-0.25, -0.2) is 14.0 Å². The number of carbonyl (C=O) groups is 2. The molecule has 1 amide bonds. The molecule has 0 radical (unpaired) electrons. The van der Waals surface area contributed by atoms with E-state index in [2.05, 4.69) is 21.2 Å². The number of amides is 1. The summed E-state index contributed by atoms with van der Waals surface area (Å²) in [4.78, 5) is 23.0. The maximum atomic E-state index is 13.8. The van der Waals surface area contributed by atoms with Gasteiger partial charge in [-0.15, -0.1) is 0 Å². The molecule has 29 heavy (non-hydrogen) atoms. The summed E-state index contributed by atoms with van der Waals surface area (Å²) in [5, 5.41) is 20.7. The number of phenolic OH excluding ortho intramolecular Hbond substituents is 1. The molecule has 2 aromatic carbocycles. The summed E-state index contributed by atoms with van der Waals surface area (Å²) in [7, 11) is 0. The van der Waals surface area contributed by atoms with E-state index in [4.69, 9.17) is 9.84 Å². The molecule has 6 nitrogen and oxygen atoms in total. The minimum absolute atomic E-state index is 0.243. The van der Waals surface area contributed by atoms with Gasteiger partial charge in [0.25, 0.3) is 0 Å². The van der Waals surface area contributed by atoms with Gasteiger partial charge in [-0.3, -0.25) is 5.32 Å². The van der Waals surface area contributed by atoms with Crippen LogP contribution in [0.25, 0.3) is 0 Å². The largest absolute Gasteiger partial charge is 0.505 e. The summed E-state index contributed by atoms with van der Waals surface area (Å²) in [6, 6.07) is 10.7. The second-order valence-electron chi connectivity index (χ2n) is 6.46. The highest BCUT2D eigenvalue weighted by molar-refractivity contribution is 9.10. The molecule has 2 rings (SSSR count). The lowest BCUT2D eigenvalue weighted by atomic mass is 9.93. The molecule has 0 unspecified atom stereocenters. The van der Waals surface area contributed by atoms with Gasteiger partial charge >= 0.3 is 12.1 Å². The highest BCUT2D eigenvalue weighted by Crippen LogP contribution is 2.32. The van der Waals surface area contributed by atoms with Crippen LogP contribution < -0.4 is 5.32 Å². The molecule has 0 aliphatic rings. The Hall–Kier alpha value is -2.87. The molecule has 0 bridgehead atoms. The number of phenols is 1. The van der Waals surface area contributed by atoms with Crippen molar-refractivity contribution in [2.45, 2.75) is 25.9 Å². The zero-order chi connectivity index (χ0) is 21.4. The molecule has 0 heterocycles. The minimum Gasteiger partial charge on any atom is -0.505 e. The van der Waals surface area contributed by atoms with Crippen LogP contribution in [0.1, 0.15) is 31.4 Å². The topological polar surface area (TPSA) is 95.9 Å². The third-order valence-corrected chi connectivity index (χ3v) is 4.72. The molecule has 0 aromatic heterocycles. The fourth-order valence-electron chi connectivity index (χ4n) is 2.70. The Morgan fingerprint density at radius 1 is 1.24 bits per heavy atom. The normalized spacial score (nSPS) is 13.1. The van der Waals surface area contributed by atoms with E-state index in [1.54, 1.807) is 24.3 Å². The lowest BCUT2D eigenvalue weighted by Gasteiger charge is -2.24. The first-order chi connectivity index (χ1) is 13.8. The maximum absolute atomic E-state index is 13.8. The number of halogens is 2. The molecule has 8 heteroatoms. The van der Waals surface area contributed by atoms with Crippen molar-refractivity contribution in [1.82, 2.24) is 0 Å². The van der Waals surface area contributed by atoms with Crippen LogP contribution in [0.15, 0.2) is 59.1 Å². The van der Waals surface area contributed by atoms with Gasteiger partial charge in [0.1, 0.15) is 6.10 Å². The van der Waals surface area contributed by atoms with Crippen molar-refractivity contribution in [3.63, 3.8) is 0 Å². The van der Waals surface area contributed by atoms with E-state index >= 15 is 0 Å². The highest BCUT2D eigenvalue weighted by atomic mass is 79.9. The van der Waals surface area contributed by atoms with E-state index in [1.807, 2.05) is 6.92 Å². The number of carboxylic acids is 1. The lowest BCUT2D eigenvalue weighted by molar-refractivity contribution is -0.131. The highest BCUT2D eigenvalue weighted by Gasteiger charge is 2.24. The lowest BCUT2D eigenvalue weighted by Crippen LogP contribution is -2.22. The number of aromatic hydroxyl groups is 1. The van der Waals surface area contributed by atoms with Gasteiger partial charge in [0, 0.05) is 16.2 Å². The predicted molar refractivity (Wildman–Crippen MR) is 110 cm³/mol. The van der Waals surface area contributed by atoms with E-state index in [-0.39, 0.29) is 5.92 Å². The number of allylic oxidation sites excluding steroid dienone is 1. The predicted octanol–water partition coefficient (Wildman–Crippen LogP) is 5.64. The Morgan fingerprint density at radius 3 is 2.55 bits per heavy atom. The fraction of sp³-hybridized carbons (Fsp3) is 0.238. The van der Waals surface area contributed by atoms with Gasteiger partial charge in [-0.2, -0.15) is 0 Å². The monoisotopic (exact) mass is 465 g/mol. The van der Waals surface area contributed by atoms with Crippen molar-refractivity contribution in [1.29, 1.82) is 0 Å². The molecule has 0 spiro atoms. The number of hydrogen-bond donors (Lipinski definition) is 3. The van der Waals surface area contributed by atoms with E-state index in [1.165, 1.54) is 18.2 Å². The van der Waals surface area contributed by atoms with Gasteiger partial charge in [-0.1, -0.05) is 35.0 Å². The standard InChI is InChI=1S/C21H21BrFNO5/c1-13(4-2-3-5-19(26)27)20(14-6-11-18(25)17(23)12-14)29-21(28)24-16-9-7-15(22)8-10-16/h3,5-13,20,25H,2,4H2,1H3,(H,24,28)(H,26,27)/b5-3+/t13-,20+/m0/s1. The average Bonchev–Trinajstić information content (AvgIpc) is 2.67. The first-order valence-electron chi connectivity index (χ1n) is 8.87. The number of rotatable bonds is 8. The maximum Gasteiger partial charge on any atom is 0.412 e. The molecule has 154 valence electrons. The molecule has 2 atom stereocenters. The molecule has 0 aliphatic carbocycles. The Balaban J connectivity index is 2.14. The molecule has 3 N–H and O–H groups in total. The fourth-order valence-corrected chi connectivity index (χ4v) is 2.97. The summed E-state index contributed by atoms with van der Waals surface area (Å²) in [5.41, 5.74) is 0.923. The van der Waals surface area contributed by atoms with Crippen molar-refractivity contribution >= 4 is 33.7 Å². The first-order valence-corrected chi connectivity index (χ1v) is 9.66. The Morgan fingerprint density at radius 2 is 1.93 bits per heavy atom. The number of ether oxygens (including phenoxy) is 1. The summed E-state index contributed by atoms with van der Waals surface area (Å²) in [6.07, 6.45) is 2.00. The Labute approximate surface area is 176 Å². The van der Waals surface area contributed by atoms with Crippen molar-refractivity contribution < 1.29 is 28.9 Å². The van der Waals surface area contributed by atoms with Crippen LogP contribution in [0, 0.1) is 11.7 Å². The number of carbonyl (C=O) groups excluding carboxylic acids is 1. The Kier molecular flexibility index (Phi) is 8.21. The van der Waals surface area contributed by atoms with E-state index < -0.39 is 29.7 Å². The number of hydrogen-bond acceptors (Lipinski definition) is 4. The third-order valence-electron chi connectivity index (χ3n) is 4.19. The second-order valence-corrected chi connectivity index (χ2v) is 7.38. The molecule has 0 saturated heterocycles. The Bertz CT molecular complexity index is 885. The van der Waals surface area contributed by atoms with Gasteiger partial charge in [-0.05, 0) is 60.7 Å². The van der Waals surface area contributed by atoms with Crippen molar-refractivity contribution in [2.75, 3.05) is 5.32 Å². The smallest absolute Gasteiger partial charge is 0.412 e. The van der Waals surface area contributed by atoms with Crippen LogP contribution in [0.2, 0.25) is 0 Å². The summed E-state index contributed by atoms with van der Waals surface area (Å²) >= 11 is 3.31. The van der Waals surface area contributed by atoms with Gasteiger partial charge in [0.2, 0.25) is 0 Å². The van der Waals surface area contributed by atoms with Crippen LogP contribution in [0.3, 0.4) is 0 Å². The number of carboxylic acid groups (broad SMARTS) is 1. The zero-order valence-corrected chi connectivity index (χ0v) is 17.2. The second kappa shape index (κ2) is 10.6. The van der Waals surface area contributed by atoms with E-state index in [9.17, 15) is 19.1 Å². The van der Waals surface area contributed by atoms with Crippen molar-refractivity contribution in [3.8, 4) is 5.75 Å². The van der Waals surface area contributed by atoms with Gasteiger partial charge < -0.3 is 14.9 Å². The molecule has 0 aliphatic heterocycles. The molecular formula is C21H21BrFNO5.